The highest BCUT2D eigenvalue weighted by atomic mass is 35.5. The second kappa shape index (κ2) is 9.53. The summed E-state index contributed by atoms with van der Waals surface area (Å²) in [4.78, 5) is 24.3. The molecule has 2 aromatic rings. The van der Waals surface area contributed by atoms with Gasteiger partial charge in [0.25, 0.3) is 11.8 Å². The van der Waals surface area contributed by atoms with Crippen molar-refractivity contribution in [2.75, 3.05) is 18.4 Å². The van der Waals surface area contributed by atoms with Crippen LogP contribution in [0.15, 0.2) is 36.5 Å². The lowest BCUT2D eigenvalue weighted by atomic mass is 10.1. The summed E-state index contributed by atoms with van der Waals surface area (Å²) in [5.41, 5.74) is 1.58. The molecule has 3 rings (SSSR count). The first-order chi connectivity index (χ1) is 12.5. The van der Waals surface area contributed by atoms with Crippen molar-refractivity contribution in [3.8, 4) is 0 Å². The molecule has 0 aliphatic carbocycles. The Morgan fingerprint density at radius 2 is 1.93 bits per heavy atom. The number of carbonyl (C=O) groups excluding carboxylic acids is 2. The van der Waals surface area contributed by atoms with Crippen LogP contribution in [0.4, 0.5) is 5.69 Å². The third-order valence-electron chi connectivity index (χ3n) is 4.31. The number of benzene rings is 1. The van der Waals surface area contributed by atoms with E-state index in [9.17, 15) is 9.59 Å². The van der Waals surface area contributed by atoms with E-state index in [1.807, 2.05) is 24.7 Å². The standard InChI is InChI=1S/C19H25N5O2.ClH/c1-13(2)21-18(25)14-5-7-15(8-6-14)22-19(26)17-9-11-24(23-17)16-4-3-10-20-12-16;/h5-9,11,13,16,20H,3-4,10,12H2,1-2H3,(H,21,25)(H,22,26);1H. The Balaban J connectivity index is 0.00000261. The lowest BCUT2D eigenvalue weighted by Crippen LogP contribution is -2.32. The van der Waals surface area contributed by atoms with Crippen LogP contribution in [-0.4, -0.2) is 40.7 Å². The largest absolute Gasteiger partial charge is 0.350 e. The van der Waals surface area contributed by atoms with E-state index in [-0.39, 0.29) is 30.3 Å². The predicted octanol–water partition coefficient (Wildman–Crippen LogP) is 2.62. The first-order valence-electron chi connectivity index (χ1n) is 9.01. The normalized spacial score (nSPS) is 16.5. The molecule has 0 spiro atoms. The third kappa shape index (κ3) is 5.55. The number of piperidine rings is 1. The van der Waals surface area contributed by atoms with Crippen LogP contribution in [0.5, 0.6) is 0 Å². The number of anilines is 1. The molecule has 2 amide bonds. The Hall–Kier alpha value is -2.38. The molecule has 1 aromatic carbocycles. The minimum atomic E-state index is -0.257. The number of hydrogen-bond acceptors (Lipinski definition) is 4. The summed E-state index contributed by atoms with van der Waals surface area (Å²) in [6, 6.07) is 8.93. The Kier molecular flexibility index (Phi) is 7.38. The molecular weight excluding hydrogens is 366 g/mol. The van der Waals surface area contributed by atoms with Gasteiger partial charge in [0.05, 0.1) is 6.04 Å². The van der Waals surface area contributed by atoms with Gasteiger partial charge in [0, 0.05) is 30.0 Å². The number of halogens is 1. The summed E-state index contributed by atoms with van der Waals surface area (Å²) in [5.74, 6) is -0.385. The molecule has 0 radical (unpaired) electrons. The van der Waals surface area contributed by atoms with Crippen molar-refractivity contribution in [3.05, 3.63) is 47.8 Å². The molecule has 1 aliphatic rings. The average Bonchev–Trinajstić information content (AvgIpc) is 3.13. The summed E-state index contributed by atoms with van der Waals surface area (Å²) < 4.78 is 1.86. The van der Waals surface area contributed by atoms with Gasteiger partial charge in [-0.25, -0.2) is 0 Å². The molecule has 1 fully saturated rings. The zero-order valence-corrected chi connectivity index (χ0v) is 16.4. The van der Waals surface area contributed by atoms with Crippen molar-refractivity contribution in [1.29, 1.82) is 0 Å². The van der Waals surface area contributed by atoms with Crippen LogP contribution in [0.25, 0.3) is 0 Å². The molecule has 1 unspecified atom stereocenters. The second-order valence-corrected chi connectivity index (χ2v) is 6.84. The third-order valence-corrected chi connectivity index (χ3v) is 4.31. The van der Waals surface area contributed by atoms with E-state index in [0.717, 1.165) is 25.9 Å². The number of rotatable bonds is 5. The first-order valence-corrected chi connectivity index (χ1v) is 9.01. The molecule has 3 N–H and O–H groups in total. The van der Waals surface area contributed by atoms with Gasteiger partial charge < -0.3 is 16.0 Å². The number of carbonyl (C=O) groups is 2. The van der Waals surface area contributed by atoms with Gasteiger partial charge in [-0.2, -0.15) is 5.10 Å². The second-order valence-electron chi connectivity index (χ2n) is 6.84. The minimum Gasteiger partial charge on any atom is -0.350 e. The molecule has 2 heterocycles. The molecule has 1 atom stereocenters. The van der Waals surface area contributed by atoms with Crippen molar-refractivity contribution >= 4 is 29.9 Å². The van der Waals surface area contributed by atoms with Crippen LogP contribution in [0.1, 0.15) is 53.6 Å². The van der Waals surface area contributed by atoms with E-state index in [0.29, 0.717) is 23.0 Å². The zero-order chi connectivity index (χ0) is 18.5. The molecule has 27 heavy (non-hydrogen) atoms. The Labute approximate surface area is 165 Å². The van der Waals surface area contributed by atoms with Crippen molar-refractivity contribution < 1.29 is 9.59 Å². The van der Waals surface area contributed by atoms with Crippen molar-refractivity contribution in [2.45, 2.75) is 38.8 Å². The molecule has 1 saturated heterocycles. The van der Waals surface area contributed by atoms with Crippen LogP contribution >= 0.6 is 12.4 Å². The van der Waals surface area contributed by atoms with Gasteiger partial charge in [-0.15, -0.1) is 12.4 Å². The molecule has 8 heteroatoms. The maximum Gasteiger partial charge on any atom is 0.276 e. The van der Waals surface area contributed by atoms with Gasteiger partial charge >= 0.3 is 0 Å². The molecule has 0 saturated carbocycles. The quantitative estimate of drug-likeness (QED) is 0.731. The highest BCUT2D eigenvalue weighted by molar-refractivity contribution is 6.03. The lowest BCUT2D eigenvalue weighted by molar-refractivity contribution is 0.0942. The van der Waals surface area contributed by atoms with Crippen molar-refractivity contribution in [3.63, 3.8) is 0 Å². The van der Waals surface area contributed by atoms with E-state index in [1.165, 1.54) is 0 Å². The molecule has 0 bridgehead atoms. The zero-order valence-electron chi connectivity index (χ0n) is 15.6. The van der Waals surface area contributed by atoms with Crippen LogP contribution < -0.4 is 16.0 Å². The smallest absolute Gasteiger partial charge is 0.276 e. The van der Waals surface area contributed by atoms with Gasteiger partial charge in [0.1, 0.15) is 0 Å². The van der Waals surface area contributed by atoms with E-state index >= 15 is 0 Å². The summed E-state index contributed by atoms with van der Waals surface area (Å²) >= 11 is 0. The summed E-state index contributed by atoms with van der Waals surface area (Å²) in [6.45, 7) is 5.74. The average molecular weight is 392 g/mol. The summed E-state index contributed by atoms with van der Waals surface area (Å²) in [6.07, 6.45) is 4.03. The van der Waals surface area contributed by atoms with E-state index < -0.39 is 0 Å². The van der Waals surface area contributed by atoms with Gasteiger partial charge in [0.15, 0.2) is 5.69 Å². The fourth-order valence-corrected chi connectivity index (χ4v) is 2.97. The van der Waals surface area contributed by atoms with Gasteiger partial charge in [-0.1, -0.05) is 0 Å². The van der Waals surface area contributed by atoms with Gasteiger partial charge in [-0.3, -0.25) is 14.3 Å². The van der Waals surface area contributed by atoms with E-state index in [2.05, 4.69) is 21.0 Å². The lowest BCUT2D eigenvalue weighted by Gasteiger charge is -2.22. The van der Waals surface area contributed by atoms with Crippen LogP contribution in [0, 0.1) is 0 Å². The maximum atomic E-state index is 12.4. The van der Waals surface area contributed by atoms with E-state index in [4.69, 9.17) is 0 Å². The molecular formula is C19H26ClN5O2. The van der Waals surface area contributed by atoms with Crippen molar-refractivity contribution in [1.82, 2.24) is 20.4 Å². The van der Waals surface area contributed by atoms with Crippen LogP contribution in [0.3, 0.4) is 0 Å². The minimum absolute atomic E-state index is 0. The summed E-state index contributed by atoms with van der Waals surface area (Å²) in [7, 11) is 0. The fraction of sp³-hybridized carbons (Fsp3) is 0.421. The topological polar surface area (TPSA) is 88.0 Å². The number of amides is 2. The fourth-order valence-electron chi connectivity index (χ4n) is 2.97. The molecule has 1 aliphatic heterocycles. The van der Waals surface area contributed by atoms with Crippen LogP contribution in [0.2, 0.25) is 0 Å². The van der Waals surface area contributed by atoms with E-state index in [1.54, 1.807) is 30.3 Å². The Morgan fingerprint density at radius 1 is 1.19 bits per heavy atom. The highest BCUT2D eigenvalue weighted by Crippen LogP contribution is 2.16. The number of aromatic nitrogens is 2. The van der Waals surface area contributed by atoms with Crippen LogP contribution in [-0.2, 0) is 0 Å². The molecule has 1 aromatic heterocycles. The Bertz CT molecular complexity index is 767. The molecule has 146 valence electrons. The maximum absolute atomic E-state index is 12.4. The number of nitrogens with zero attached hydrogens (tertiary/aromatic N) is 2. The highest BCUT2D eigenvalue weighted by Gasteiger charge is 2.18. The summed E-state index contributed by atoms with van der Waals surface area (Å²) in [5, 5.41) is 13.4. The first kappa shape index (κ1) is 20.9. The van der Waals surface area contributed by atoms with Gasteiger partial charge in [-0.05, 0) is 63.6 Å². The SMILES string of the molecule is CC(C)NC(=O)c1ccc(NC(=O)c2ccn(C3CCCNC3)n2)cc1.Cl. The number of nitrogens with one attached hydrogen (secondary N) is 3. The molecule has 7 nitrogen and oxygen atoms in total. The Morgan fingerprint density at radius 3 is 2.56 bits per heavy atom. The van der Waals surface area contributed by atoms with Gasteiger partial charge in [0.2, 0.25) is 0 Å². The number of hydrogen-bond donors (Lipinski definition) is 3. The predicted molar refractivity (Wildman–Crippen MR) is 108 cm³/mol. The monoisotopic (exact) mass is 391 g/mol. The van der Waals surface area contributed by atoms with Crippen molar-refractivity contribution in [2.24, 2.45) is 0 Å².